The summed E-state index contributed by atoms with van der Waals surface area (Å²) in [5, 5.41) is 15.0. The Labute approximate surface area is 95.8 Å². The van der Waals surface area contributed by atoms with Gasteiger partial charge in [-0.15, -0.1) is 0 Å². The molecule has 2 N–H and O–H groups in total. The fourth-order valence-corrected chi connectivity index (χ4v) is 1.53. The molecule has 1 aromatic heterocycles. The van der Waals surface area contributed by atoms with Gasteiger partial charge in [0.15, 0.2) is 6.29 Å². The van der Waals surface area contributed by atoms with E-state index in [1.807, 2.05) is 5.10 Å². The van der Waals surface area contributed by atoms with Crippen LogP contribution in [0.3, 0.4) is 0 Å². The number of aliphatic hydroxyl groups is 1. The molecule has 8 heteroatoms. The number of H-pyrrole nitrogens is 1. The van der Waals surface area contributed by atoms with E-state index in [2.05, 4.69) is 11.4 Å². The molecule has 17 heavy (non-hydrogen) atoms. The number of aliphatic hydroxyl groups excluding tert-OH is 1. The molecule has 8 nitrogen and oxygen atoms in total. The SMILES string of the molecule is O=c1[nH]n[c]n(CC(O)CC2OCCO2)c1=O. The third-order valence-corrected chi connectivity index (χ3v) is 2.32. The predicted octanol–water partition coefficient (Wildman–Crippen LogP) is -2.14. The van der Waals surface area contributed by atoms with Crippen molar-refractivity contribution in [2.75, 3.05) is 13.2 Å². The third kappa shape index (κ3) is 2.99. The first-order valence-corrected chi connectivity index (χ1v) is 5.15. The number of rotatable bonds is 4. The van der Waals surface area contributed by atoms with Gasteiger partial charge in [-0.2, -0.15) is 5.10 Å². The smallest absolute Gasteiger partial charge is 0.330 e. The maximum Gasteiger partial charge on any atom is 0.330 e. The summed E-state index contributed by atoms with van der Waals surface area (Å²) < 4.78 is 11.2. The first kappa shape index (κ1) is 12.0. The van der Waals surface area contributed by atoms with Gasteiger partial charge in [-0.3, -0.25) is 14.2 Å². The molecule has 1 radical (unpaired) electrons. The Morgan fingerprint density at radius 3 is 2.94 bits per heavy atom. The summed E-state index contributed by atoms with van der Waals surface area (Å²) in [6.07, 6.45) is 1.19. The fraction of sp³-hybridized carbons (Fsp3) is 0.667. The summed E-state index contributed by atoms with van der Waals surface area (Å²) in [6, 6.07) is 0. The zero-order valence-electron chi connectivity index (χ0n) is 8.96. The van der Waals surface area contributed by atoms with E-state index < -0.39 is 23.5 Å². The lowest BCUT2D eigenvalue weighted by molar-refractivity contribution is -0.0723. The molecule has 0 aliphatic carbocycles. The number of hydrogen-bond donors (Lipinski definition) is 2. The van der Waals surface area contributed by atoms with Gasteiger partial charge < -0.3 is 14.6 Å². The van der Waals surface area contributed by atoms with E-state index in [-0.39, 0.29) is 13.0 Å². The predicted molar refractivity (Wildman–Crippen MR) is 54.3 cm³/mol. The van der Waals surface area contributed by atoms with E-state index in [1.165, 1.54) is 0 Å². The van der Waals surface area contributed by atoms with E-state index in [1.54, 1.807) is 0 Å². The third-order valence-electron chi connectivity index (χ3n) is 2.32. The number of hydrogen-bond acceptors (Lipinski definition) is 6. The Balaban J connectivity index is 1.97. The monoisotopic (exact) mass is 242 g/mol. The molecule has 0 saturated carbocycles. The Morgan fingerprint density at radius 2 is 2.24 bits per heavy atom. The zero-order valence-corrected chi connectivity index (χ0v) is 8.96. The van der Waals surface area contributed by atoms with Crippen molar-refractivity contribution in [3.63, 3.8) is 0 Å². The van der Waals surface area contributed by atoms with Crippen LogP contribution in [-0.2, 0) is 16.0 Å². The maximum atomic E-state index is 11.3. The van der Waals surface area contributed by atoms with Crippen LogP contribution in [0, 0.1) is 6.33 Å². The molecule has 2 rings (SSSR count). The summed E-state index contributed by atoms with van der Waals surface area (Å²) >= 11 is 0. The second kappa shape index (κ2) is 5.21. The van der Waals surface area contributed by atoms with Crippen molar-refractivity contribution in [2.24, 2.45) is 0 Å². The van der Waals surface area contributed by atoms with Gasteiger partial charge in [0.05, 0.1) is 25.9 Å². The molecule has 0 aromatic carbocycles. The van der Waals surface area contributed by atoms with Crippen LogP contribution in [0.25, 0.3) is 0 Å². The molecule has 1 saturated heterocycles. The van der Waals surface area contributed by atoms with Gasteiger partial charge in [-0.1, -0.05) is 0 Å². The summed E-state index contributed by atoms with van der Waals surface area (Å²) in [4.78, 5) is 22.3. The number of ether oxygens (including phenoxy) is 2. The van der Waals surface area contributed by atoms with Crippen molar-refractivity contribution in [3.8, 4) is 0 Å². The van der Waals surface area contributed by atoms with Gasteiger partial charge in [0.2, 0.25) is 6.33 Å². The van der Waals surface area contributed by atoms with Gasteiger partial charge >= 0.3 is 11.1 Å². The minimum absolute atomic E-state index is 0.0705. The minimum Gasteiger partial charge on any atom is -0.391 e. The lowest BCUT2D eigenvalue weighted by Gasteiger charge is -2.14. The van der Waals surface area contributed by atoms with E-state index >= 15 is 0 Å². The average molecular weight is 242 g/mol. The Bertz CT molecular complexity index is 476. The van der Waals surface area contributed by atoms with Crippen molar-refractivity contribution in [1.29, 1.82) is 0 Å². The summed E-state index contributed by atoms with van der Waals surface area (Å²) in [5.74, 6) is 0. The fourth-order valence-electron chi connectivity index (χ4n) is 1.53. The van der Waals surface area contributed by atoms with E-state index in [4.69, 9.17) is 9.47 Å². The van der Waals surface area contributed by atoms with Crippen LogP contribution in [0.2, 0.25) is 0 Å². The van der Waals surface area contributed by atoms with Crippen molar-refractivity contribution in [1.82, 2.24) is 14.8 Å². The minimum atomic E-state index is -0.865. The molecule has 1 unspecified atom stereocenters. The maximum absolute atomic E-state index is 11.3. The van der Waals surface area contributed by atoms with Gasteiger partial charge in [-0.05, 0) is 0 Å². The van der Waals surface area contributed by atoms with Crippen LogP contribution in [0.5, 0.6) is 0 Å². The molecule has 0 amide bonds. The molecule has 93 valence electrons. The molecule has 1 aliphatic heterocycles. The summed E-state index contributed by atoms with van der Waals surface area (Å²) in [6.45, 7) is 0.922. The van der Waals surface area contributed by atoms with Crippen LogP contribution < -0.4 is 11.1 Å². The normalized spacial score (nSPS) is 18.4. The zero-order chi connectivity index (χ0) is 12.3. The Kier molecular flexibility index (Phi) is 3.67. The van der Waals surface area contributed by atoms with Crippen LogP contribution >= 0.6 is 0 Å². The lowest BCUT2D eigenvalue weighted by atomic mass is 10.2. The van der Waals surface area contributed by atoms with Crippen LogP contribution in [0.4, 0.5) is 0 Å². The van der Waals surface area contributed by atoms with Crippen LogP contribution in [0.1, 0.15) is 6.42 Å². The van der Waals surface area contributed by atoms with Gasteiger partial charge in [0.1, 0.15) is 0 Å². The molecule has 2 heterocycles. The summed E-state index contributed by atoms with van der Waals surface area (Å²) in [7, 11) is 0. The van der Waals surface area contributed by atoms with Crippen molar-refractivity contribution < 1.29 is 14.6 Å². The standard InChI is InChI=1S/C9H12N3O5/c13-6(3-7-16-1-2-17-7)4-12-5-10-11-8(14)9(12)15/h6-7,13H,1-4H2,(H,11,14). The highest BCUT2D eigenvalue weighted by molar-refractivity contribution is 4.75. The number of nitrogens with zero attached hydrogens (tertiary/aromatic N) is 2. The number of aromatic amines is 1. The lowest BCUT2D eigenvalue weighted by Crippen LogP contribution is -2.39. The largest absolute Gasteiger partial charge is 0.391 e. The molecule has 0 bridgehead atoms. The Morgan fingerprint density at radius 1 is 1.53 bits per heavy atom. The molecule has 1 atom stereocenters. The molecular weight excluding hydrogens is 230 g/mol. The van der Waals surface area contributed by atoms with Gasteiger partial charge in [-0.25, -0.2) is 5.10 Å². The van der Waals surface area contributed by atoms with Crippen molar-refractivity contribution in [3.05, 3.63) is 27.0 Å². The number of nitrogens with one attached hydrogen (secondary N) is 1. The molecule has 1 fully saturated rings. The topological polar surface area (TPSA) is 106 Å². The number of aromatic nitrogens is 3. The van der Waals surface area contributed by atoms with E-state index in [0.717, 1.165) is 4.57 Å². The van der Waals surface area contributed by atoms with E-state index in [0.29, 0.717) is 13.2 Å². The van der Waals surface area contributed by atoms with Crippen molar-refractivity contribution >= 4 is 0 Å². The highest BCUT2D eigenvalue weighted by Gasteiger charge is 2.20. The van der Waals surface area contributed by atoms with Crippen molar-refractivity contribution in [2.45, 2.75) is 25.4 Å². The first-order valence-electron chi connectivity index (χ1n) is 5.15. The molecular formula is C9H12N3O5. The average Bonchev–Trinajstić information content (AvgIpc) is 2.77. The highest BCUT2D eigenvalue weighted by Crippen LogP contribution is 2.10. The van der Waals surface area contributed by atoms with Crippen LogP contribution in [-0.4, -0.2) is 45.5 Å². The summed E-state index contributed by atoms with van der Waals surface area (Å²) in [5.41, 5.74) is -1.64. The Hall–Kier alpha value is -1.51. The first-order chi connectivity index (χ1) is 8.16. The molecule has 1 aromatic rings. The van der Waals surface area contributed by atoms with Gasteiger partial charge in [0.25, 0.3) is 0 Å². The van der Waals surface area contributed by atoms with Crippen LogP contribution in [0.15, 0.2) is 9.59 Å². The second-order valence-corrected chi connectivity index (χ2v) is 3.63. The van der Waals surface area contributed by atoms with Gasteiger partial charge in [0, 0.05) is 6.42 Å². The quantitative estimate of drug-likeness (QED) is 0.583. The second-order valence-electron chi connectivity index (χ2n) is 3.63. The van der Waals surface area contributed by atoms with E-state index in [9.17, 15) is 14.7 Å². The molecule has 1 aliphatic rings. The highest BCUT2D eigenvalue weighted by atomic mass is 16.7. The molecule has 0 spiro atoms.